The highest BCUT2D eigenvalue weighted by Crippen LogP contribution is 2.23. The van der Waals surface area contributed by atoms with Crippen molar-refractivity contribution in [1.82, 2.24) is 0 Å². The highest BCUT2D eigenvalue weighted by atomic mass is 16.7. The van der Waals surface area contributed by atoms with Gasteiger partial charge in [0.25, 0.3) is 0 Å². The standard InChI is InChI=1S/C9H12O5/c10-7(11)4-6-9(13)5-2-1-3-8(12)14-9/h4,6,13H,1-3,5H2,(H,10,11). The quantitative estimate of drug-likeness (QED) is 0.499. The molecule has 0 aromatic heterocycles. The Hall–Kier alpha value is -1.36. The van der Waals surface area contributed by atoms with E-state index in [0.717, 1.165) is 12.2 Å². The molecule has 0 aromatic rings. The van der Waals surface area contributed by atoms with Crippen LogP contribution in [0.1, 0.15) is 25.7 Å². The number of esters is 1. The Morgan fingerprint density at radius 2 is 2.21 bits per heavy atom. The molecule has 5 nitrogen and oxygen atoms in total. The first-order valence-corrected chi connectivity index (χ1v) is 4.38. The molecule has 78 valence electrons. The number of rotatable bonds is 2. The van der Waals surface area contributed by atoms with Crippen LogP contribution >= 0.6 is 0 Å². The van der Waals surface area contributed by atoms with Crippen molar-refractivity contribution in [1.29, 1.82) is 0 Å². The third-order valence-corrected chi connectivity index (χ3v) is 1.94. The summed E-state index contributed by atoms with van der Waals surface area (Å²) in [7, 11) is 0. The van der Waals surface area contributed by atoms with Crippen LogP contribution in [0, 0.1) is 0 Å². The Balaban J connectivity index is 2.70. The summed E-state index contributed by atoms with van der Waals surface area (Å²) in [5, 5.41) is 18.0. The number of carboxylic acids is 1. The molecule has 1 heterocycles. The molecule has 1 rings (SSSR count). The number of carbonyl (C=O) groups excluding carboxylic acids is 1. The van der Waals surface area contributed by atoms with Crippen LogP contribution in [0.2, 0.25) is 0 Å². The predicted octanol–water partition coefficient (Wildman–Crippen LogP) is 0.433. The van der Waals surface area contributed by atoms with Gasteiger partial charge in [-0.2, -0.15) is 0 Å². The summed E-state index contributed by atoms with van der Waals surface area (Å²) >= 11 is 0. The Kier molecular flexibility index (Phi) is 3.24. The molecule has 1 aliphatic rings. The predicted molar refractivity (Wildman–Crippen MR) is 46.3 cm³/mol. The van der Waals surface area contributed by atoms with Gasteiger partial charge in [0, 0.05) is 18.9 Å². The first-order chi connectivity index (χ1) is 6.52. The molecule has 0 bridgehead atoms. The molecule has 0 amide bonds. The molecule has 0 radical (unpaired) electrons. The largest absolute Gasteiger partial charge is 0.478 e. The number of aliphatic carboxylic acids is 1. The lowest BCUT2D eigenvalue weighted by atomic mass is 10.1. The molecule has 1 fully saturated rings. The molecule has 0 aliphatic carbocycles. The lowest BCUT2D eigenvalue weighted by Crippen LogP contribution is -2.31. The van der Waals surface area contributed by atoms with Gasteiger partial charge in [0.05, 0.1) is 0 Å². The van der Waals surface area contributed by atoms with E-state index in [1.54, 1.807) is 0 Å². The van der Waals surface area contributed by atoms with E-state index in [1.165, 1.54) is 0 Å². The van der Waals surface area contributed by atoms with Crippen LogP contribution in [0.3, 0.4) is 0 Å². The average Bonchev–Trinajstić information content (AvgIpc) is 2.25. The second-order valence-electron chi connectivity index (χ2n) is 3.20. The summed E-state index contributed by atoms with van der Waals surface area (Å²) in [5.41, 5.74) is 0. The van der Waals surface area contributed by atoms with Gasteiger partial charge in [0.15, 0.2) is 0 Å². The van der Waals surface area contributed by atoms with Crippen molar-refractivity contribution in [3.05, 3.63) is 12.2 Å². The van der Waals surface area contributed by atoms with Gasteiger partial charge in [-0.3, -0.25) is 4.79 Å². The molecule has 14 heavy (non-hydrogen) atoms. The van der Waals surface area contributed by atoms with E-state index in [4.69, 9.17) is 9.84 Å². The van der Waals surface area contributed by atoms with Gasteiger partial charge in [-0.1, -0.05) is 0 Å². The van der Waals surface area contributed by atoms with Crippen molar-refractivity contribution in [2.75, 3.05) is 0 Å². The molecular weight excluding hydrogens is 188 g/mol. The van der Waals surface area contributed by atoms with Crippen molar-refractivity contribution in [2.24, 2.45) is 0 Å². The van der Waals surface area contributed by atoms with Crippen LogP contribution in [0.15, 0.2) is 12.2 Å². The fraction of sp³-hybridized carbons (Fsp3) is 0.556. The number of cyclic esters (lactones) is 1. The highest BCUT2D eigenvalue weighted by molar-refractivity contribution is 5.80. The van der Waals surface area contributed by atoms with Gasteiger partial charge in [0.1, 0.15) is 0 Å². The van der Waals surface area contributed by atoms with E-state index in [9.17, 15) is 14.7 Å². The molecule has 1 unspecified atom stereocenters. The number of carboxylic acid groups (broad SMARTS) is 1. The molecule has 2 N–H and O–H groups in total. The van der Waals surface area contributed by atoms with Crippen molar-refractivity contribution >= 4 is 11.9 Å². The SMILES string of the molecule is O=C(O)C=CC1(O)CCCCC(=O)O1. The summed E-state index contributed by atoms with van der Waals surface area (Å²) in [6.45, 7) is 0. The van der Waals surface area contributed by atoms with Gasteiger partial charge in [-0.05, 0) is 18.9 Å². The molecule has 0 spiro atoms. The zero-order valence-electron chi connectivity index (χ0n) is 7.60. The molecule has 0 aromatic carbocycles. The average molecular weight is 200 g/mol. The molecule has 5 heteroatoms. The third kappa shape index (κ3) is 3.18. The van der Waals surface area contributed by atoms with E-state index in [2.05, 4.69) is 0 Å². The molecule has 1 aliphatic heterocycles. The number of hydrogen-bond donors (Lipinski definition) is 2. The van der Waals surface area contributed by atoms with Gasteiger partial charge >= 0.3 is 11.9 Å². The monoisotopic (exact) mass is 200 g/mol. The van der Waals surface area contributed by atoms with Crippen LogP contribution in [0.5, 0.6) is 0 Å². The minimum atomic E-state index is -1.74. The number of ether oxygens (including phenoxy) is 1. The van der Waals surface area contributed by atoms with E-state index in [-0.39, 0.29) is 12.8 Å². The summed E-state index contributed by atoms with van der Waals surface area (Å²) in [6, 6.07) is 0. The number of carbonyl (C=O) groups is 2. The van der Waals surface area contributed by atoms with Crippen molar-refractivity contribution in [3.63, 3.8) is 0 Å². The summed E-state index contributed by atoms with van der Waals surface area (Å²) in [6.07, 6.45) is 3.57. The molecular formula is C9H12O5. The summed E-state index contributed by atoms with van der Waals surface area (Å²) in [5.74, 6) is -3.43. The Morgan fingerprint density at radius 3 is 2.86 bits per heavy atom. The Morgan fingerprint density at radius 1 is 1.50 bits per heavy atom. The Labute approximate surface area is 81.0 Å². The lowest BCUT2D eigenvalue weighted by Gasteiger charge is -2.21. The van der Waals surface area contributed by atoms with Crippen LogP contribution < -0.4 is 0 Å². The summed E-state index contributed by atoms with van der Waals surface area (Å²) in [4.78, 5) is 21.2. The third-order valence-electron chi connectivity index (χ3n) is 1.94. The fourth-order valence-electron chi connectivity index (χ4n) is 1.27. The fourth-order valence-corrected chi connectivity index (χ4v) is 1.27. The highest BCUT2D eigenvalue weighted by Gasteiger charge is 2.30. The maximum atomic E-state index is 11.0. The van der Waals surface area contributed by atoms with E-state index in [1.807, 2.05) is 0 Å². The lowest BCUT2D eigenvalue weighted by molar-refractivity contribution is -0.189. The van der Waals surface area contributed by atoms with Crippen molar-refractivity contribution in [2.45, 2.75) is 31.5 Å². The zero-order valence-corrected chi connectivity index (χ0v) is 7.60. The van der Waals surface area contributed by atoms with Crippen molar-refractivity contribution < 1.29 is 24.5 Å². The topological polar surface area (TPSA) is 83.8 Å². The van der Waals surface area contributed by atoms with Crippen molar-refractivity contribution in [3.8, 4) is 0 Å². The maximum Gasteiger partial charge on any atom is 0.328 e. The normalized spacial score (nSPS) is 28.5. The van der Waals surface area contributed by atoms with Crippen LogP contribution in [-0.2, 0) is 14.3 Å². The molecule has 1 atom stereocenters. The van der Waals surface area contributed by atoms with E-state index >= 15 is 0 Å². The minimum Gasteiger partial charge on any atom is -0.478 e. The van der Waals surface area contributed by atoms with Gasteiger partial charge in [0.2, 0.25) is 5.79 Å². The minimum absolute atomic E-state index is 0.239. The zero-order chi connectivity index (χ0) is 10.6. The van der Waals surface area contributed by atoms with E-state index in [0.29, 0.717) is 12.8 Å². The van der Waals surface area contributed by atoms with Gasteiger partial charge < -0.3 is 14.9 Å². The molecule has 1 saturated heterocycles. The second kappa shape index (κ2) is 4.23. The second-order valence-corrected chi connectivity index (χ2v) is 3.20. The first kappa shape index (κ1) is 10.7. The van der Waals surface area contributed by atoms with Gasteiger partial charge in [-0.25, -0.2) is 4.79 Å². The van der Waals surface area contributed by atoms with Gasteiger partial charge in [-0.15, -0.1) is 0 Å². The van der Waals surface area contributed by atoms with E-state index < -0.39 is 17.7 Å². The number of hydrogen-bond acceptors (Lipinski definition) is 4. The maximum absolute atomic E-state index is 11.0. The first-order valence-electron chi connectivity index (χ1n) is 4.38. The van der Waals surface area contributed by atoms with Crippen LogP contribution in [0.25, 0.3) is 0 Å². The number of aliphatic hydroxyl groups is 1. The van der Waals surface area contributed by atoms with Crippen LogP contribution in [0.4, 0.5) is 0 Å². The molecule has 0 saturated carbocycles. The van der Waals surface area contributed by atoms with Crippen LogP contribution in [-0.4, -0.2) is 27.9 Å². The smallest absolute Gasteiger partial charge is 0.328 e. The Bertz CT molecular complexity index is 270. The summed E-state index contributed by atoms with van der Waals surface area (Å²) < 4.78 is 4.72.